The molecular weight excluding hydrogens is 212 g/mol. The maximum absolute atomic E-state index is 2.80. The average Bonchev–Trinajstić information content (AvgIpc) is 2.11. The lowest BCUT2D eigenvalue weighted by atomic mass is 10.2. The lowest BCUT2D eigenvalue weighted by Crippen LogP contribution is -2.66. The summed E-state index contributed by atoms with van der Waals surface area (Å²) in [5.41, 5.74) is 0. The van der Waals surface area contributed by atoms with Crippen molar-refractivity contribution in [1.82, 2.24) is 9.13 Å². The van der Waals surface area contributed by atoms with Gasteiger partial charge in [0.25, 0.3) is 0 Å². The molecule has 1 heterocycles. The predicted molar refractivity (Wildman–Crippen MR) is 74.9 cm³/mol. The van der Waals surface area contributed by atoms with E-state index in [0.29, 0.717) is 0 Å². The molecule has 96 valence electrons. The summed E-state index contributed by atoms with van der Waals surface area (Å²) in [6, 6.07) is 0. The van der Waals surface area contributed by atoms with Crippen LogP contribution < -0.4 is 0 Å². The van der Waals surface area contributed by atoms with Crippen LogP contribution in [0.4, 0.5) is 0 Å². The van der Waals surface area contributed by atoms with Gasteiger partial charge in [0.15, 0.2) is 8.40 Å². The van der Waals surface area contributed by atoms with E-state index in [1.807, 2.05) is 0 Å². The van der Waals surface area contributed by atoms with Gasteiger partial charge in [0.05, 0.1) is 0 Å². The van der Waals surface area contributed by atoms with Gasteiger partial charge in [0.2, 0.25) is 0 Å². The van der Waals surface area contributed by atoms with Gasteiger partial charge in [-0.25, -0.2) is 0 Å². The van der Waals surface area contributed by atoms with Crippen molar-refractivity contribution in [3.63, 3.8) is 0 Å². The maximum Gasteiger partial charge on any atom is 0.200 e. The first-order valence-electron chi connectivity index (χ1n) is 6.84. The van der Waals surface area contributed by atoms with Crippen LogP contribution in [0.3, 0.4) is 0 Å². The molecule has 0 atom stereocenters. The van der Waals surface area contributed by atoms with Gasteiger partial charge in [-0.15, -0.1) is 0 Å². The van der Waals surface area contributed by atoms with Gasteiger partial charge in [-0.1, -0.05) is 27.7 Å². The summed E-state index contributed by atoms with van der Waals surface area (Å²) in [6.07, 6.45) is 1.36. The third-order valence-corrected chi connectivity index (χ3v) is 7.48. The van der Waals surface area contributed by atoms with Crippen LogP contribution in [0.5, 0.6) is 0 Å². The van der Waals surface area contributed by atoms with Crippen molar-refractivity contribution in [2.45, 2.75) is 47.2 Å². The molecule has 0 amide bonds. The van der Waals surface area contributed by atoms with Crippen LogP contribution >= 0.6 is 0 Å². The molecule has 16 heavy (non-hydrogen) atoms. The first-order valence-corrected chi connectivity index (χ1v) is 9.73. The Morgan fingerprint density at radius 1 is 0.875 bits per heavy atom. The molecule has 3 heteroatoms. The third-order valence-electron chi connectivity index (χ3n) is 3.57. The van der Waals surface area contributed by atoms with E-state index in [9.17, 15) is 0 Å². The Balaban J connectivity index is 2.66. The molecule has 1 fully saturated rings. The molecule has 1 aliphatic rings. The number of nitrogens with zero attached hydrogens (tertiary/aromatic N) is 2. The quantitative estimate of drug-likeness (QED) is 0.699. The molecule has 0 aromatic carbocycles. The first-order chi connectivity index (χ1) is 7.34. The van der Waals surface area contributed by atoms with Crippen molar-refractivity contribution in [1.29, 1.82) is 0 Å². The van der Waals surface area contributed by atoms with Crippen molar-refractivity contribution >= 4 is 8.40 Å². The van der Waals surface area contributed by atoms with Gasteiger partial charge < -0.3 is 9.13 Å². The van der Waals surface area contributed by atoms with Gasteiger partial charge in [0.1, 0.15) is 0 Å². The minimum atomic E-state index is -1.31. The van der Waals surface area contributed by atoms with Crippen LogP contribution in [0.2, 0.25) is 13.1 Å². The highest BCUT2D eigenvalue weighted by Gasteiger charge is 2.39. The zero-order valence-electron chi connectivity index (χ0n) is 12.1. The fourth-order valence-electron chi connectivity index (χ4n) is 2.71. The van der Waals surface area contributed by atoms with Crippen molar-refractivity contribution in [3.8, 4) is 0 Å². The Labute approximate surface area is 103 Å². The Kier molecular flexibility index (Phi) is 5.01. The summed E-state index contributed by atoms with van der Waals surface area (Å²) in [7, 11) is -1.31. The smallest absolute Gasteiger partial charge is 0.200 e. The summed E-state index contributed by atoms with van der Waals surface area (Å²) in [4.78, 5) is 0. The second kappa shape index (κ2) is 5.65. The average molecular weight is 242 g/mol. The lowest BCUT2D eigenvalue weighted by molar-refractivity contribution is 0.236. The highest BCUT2D eigenvalue weighted by atomic mass is 28.3. The van der Waals surface area contributed by atoms with Crippen molar-refractivity contribution < 1.29 is 0 Å². The third kappa shape index (κ3) is 3.57. The van der Waals surface area contributed by atoms with Gasteiger partial charge >= 0.3 is 0 Å². The molecule has 0 spiro atoms. The van der Waals surface area contributed by atoms with Gasteiger partial charge in [-0.2, -0.15) is 0 Å². The highest BCUT2D eigenvalue weighted by molar-refractivity contribution is 6.72. The predicted octanol–water partition coefficient (Wildman–Crippen LogP) is 3.01. The second-order valence-corrected chi connectivity index (χ2v) is 10.8. The van der Waals surface area contributed by atoms with Crippen molar-refractivity contribution in [2.24, 2.45) is 11.8 Å². The zero-order chi connectivity index (χ0) is 12.3. The summed E-state index contributed by atoms with van der Waals surface area (Å²) >= 11 is 0. The molecule has 2 nitrogen and oxygen atoms in total. The normalized spacial score (nSPS) is 23.2. The van der Waals surface area contributed by atoms with E-state index >= 15 is 0 Å². The van der Waals surface area contributed by atoms with E-state index in [1.165, 1.54) is 32.6 Å². The second-order valence-electron chi connectivity index (χ2n) is 6.53. The number of rotatable bonds is 4. The van der Waals surface area contributed by atoms with Crippen LogP contribution in [0.15, 0.2) is 0 Å². The van der Waals surface area contributed by atoms with E-state index in [4.69, 9.17) is 0 Å². The van der Waals surface area contributed by atoms with E-state index in [1.54, 1.807) is 0 Å². The van der Waals surface area contributed by atoms with E-state index < -0.39 is 8.40 Å². The molecule has 0 N–H and O–H groups in total. The summed E-state index contributed by atoms with van der Waals surface area (Å²) in [5.74, 6) is 1.59. The van der Waals surface area contributed by atoms with E-state index in [-0.39, 0.29) is 0 Å². The topological polar surface area (TPSA) is 6.48 Å². The SMILES string of the molecule is CC(C)CN1CCCN(CC(C)C)[Si]1(C)C. The molecule has 1 rings (SSSR count). The van der Waals surface area contributed by atoms with Crippen LogP contribution in [0.1, 0.15) is 34.1 Å². The molecule has 1 aliphatic heterocycles. The van der Waals surface area contributed by atoms with Crippen LogP contribution in [0, 0.1) is 11.8 Å². The minimum Gasteiger partial charge on any atom is -0.312 e. The minimum absolute atomic E-state index is 0.797. The van der Waals surface area contributed by atoms with Crippen molar-refractivity contribution in [3.05, 3.63) is 0 Å². The van der Waals surface area contributed by atoms with Gasteiger partial charge in [-0.05, 0) is 57.5 Å². The van der Waals surface area contributed by atoms with Crippen LogP contribution in [-0.4, -0.2) is 43.7 Å². The Hall–Kier alpha value is 0.137. The van der Waals surface area contributed by atoms with Crippen LogP contribution in [0.25, 0.3) is 0 Å². The summed E-state index contributed by atoms with van der Waals surface area (Å²) < 4.78 is 5.59. The fourth-order valence-corrected chi connectivity index (χ4v) is 6.15. The number of hydrogen-bond donors (Lipinski definition) is 0. The molecule has 0 bridgehead atoms. The van der Waals surface area contributed by atoms with Crippen molar-refractivity contribution in [2.75, 3.05) is 26.2 Å². The molecule has 0 unspecified atom stereocenters. The monoisotopic (exact) mass is 242 g/mol. The molecular formula is C13H30N2Si. The Morgan fingerprint density at radius 3 is 1.56 bits per heavy atom. The molecule has 0 radical (unpaired) electrons. The maximum atomic E-state index is 2.80. The molecule has 0 aromatic heterocycles. The fraction of sp³-hybridized carbons (Fsp3) is 1.00. The van der Waals surface area contributed by atoms with Gasteiger partial charge in [-0.3, -0.25) is 0 Å². The largest absolute Gasteiger partial charge is 0.312 e. The van der Waals surface area contributed by atoms with E-state index in [2.05, 4.69) is 49.9 Å². The molecule has 0 aliphatic carbocycles. The molecule has 1 saturated heterocycles. The highest BCUT2D eigenvalue weighted by Crippen LogP contribution is 2.23. The number of hydrogen-bond acceptors (Lipinski definition) is 2. The zero-order valence-corrected chi connectivity index (χ0v) is 13.1. The van der Waals surface area contributed by atoms with E-state index in [0.717, 1.165) is 11.8 Å². The van der Waals surface area contributed by atoms with Crippen LogP contribution in [-0.2, 0) is 0 Å². The lowest BCUT2D eigenvalue weighted by Gasteiger charge is -2.50. The Bertz CT molecular complexity index is 194. The summed E-state index contributed by atoms with van der Waals surface area (Å²) in [6.45, 7) is 19.6. The standard InChI is InChI=1S/C13H30N2Si/c1-12(2)10-14-8-7-9-15(11-13(3)4)16(14,5)6/h12-13H,7-11H2,1-6H3. The molecule has 0 saturated carbocycles. The Morgan fingerprint density at radius 2 is 1.25 bits per heavy atom. The van der Waals surface area contributed by atoms with Gasteiger partial charge in [0, 0.05) is 0 Å². The summed E-state index contributed by atoms with van der Waals surface area (Å²) in [5, 5.41) is 0. The molecule has 0 aromatic rings. The first kappa shape index (κ1) is 14.2.